The number of benzene rings is 4. The van der Waals surface area contributed by atoms with Crippen molar-refractivity contribution in [1.29, 1.82) is 0 Å². The summed E-state index contributed by atoms with van der Waals surface area (Å²) in [5, 5.41) is 0. The van der Waals surface area contributed by atoms with Gasteiger partial charge in [-0.2, -0.15) is 0 Å². The van der Waals surface area contributed by atoms with Gasteiger partial charge in [-0.1, -0.05) is 121 Å². The van der Waals surface area contributed by atoms with E-state index in [1.54, 1.807) is 6.20 Å². The van der Waals surface area contributed by atoms with E-state index in [0.717, 1.165) is 28.5 Å². The highest BCUT2D eigenvalue weighted by atomic mass is 16.6. The van der Waals surface area contributed by atoms with Gasteiger partial charge in [0.05, 0.1) is 39.1 Å². The lowest BCUT2D eigenvalue weighted by Crippen LogP contribution is -2.50. The first-order valence-electron chi connectivity index (χ1n) is 14.9. The minimum absolute atomic E-state index is 0.323. The molecule has 1 aliphatic heterocycles. The van der Waals surface area contributed by atoms with Crippen molar-refractivity contribution in [3.63, 3.8) is 0 Å². The SMILES string of the molecule is O=Cc1cn2c(n1)[C@@H](OCc1ccccc1)[C@@H](OCc1ccccc1)[C@H](OCc1ccccc1)[C@H]2COCc1ccccc1. The van der Waals surface area contributed by atoms with E-state index in [9.17, 15) is 4.79 Å². The summed E-state index contributed by atoms with van der Waals surface area (Å²) in [7, 11) is 0. The lowest BCUT2D eigenvalue weighted by Gasteiger charge is -2.42. The Morgan fingerprint density at radius 2 is 1.05 bits per heavy atom. The molecule has 4 atom stereocenters. The molecule has 0 saturated heterocycles. The predicted octanol–water partition coefficient (Wildman–Crippen LogP) is 6.90. The monoisotopic (exact) mass is 588 g/mol. The van der Waals surface area contributed by atoms with E-state index < -0.39 is 18.3 Å². The lowest BCUT2D eigenvalue weighted by atomic mass is 9.95. The van der Waals surface area contributed by atoms with Gasteiger partial charge in [0.2, 0.25) is 0 Å². The predicted molar refractivity (Wildman–Crippen MR) is 167 cm³/mol. The van der Waals surface area contributed by atoms with Crippen LogP contribution in [0.3, 0.4) is 0 Å². The van der Waals surface area contributed by atoms with Crippen LogP contribution in [0.1, 0.15) is 50.7 Å². The molecular formula is C37H36N2O5. The fourth-order valence-electron chi connectivity index (χ4n) is 5.55. The minimum atomic E-state index is -0.598. The van der Waals surface area contributed by atoms with E-state index in [1.165, 1.54) is 0 Å². The van der Waals surface area contributed by atoms with Crippen LogP contribution in [0, 0.1) is 0 Å². The van der Waals surface area contributed by atoms with Crippen LogP contribution >= 0.6 is 0 Å². The quantitative estimate of drug-likeness (QED) is 0.132. The maximum Gasteiger partial charge on any atom is 0.170 e. The minimum Gasteiger partial charge on any atom is -0.375 e. The van der Waals surface area contributed by atoms with Crippen LogP contribution in [0.25, 0.3) is 0 Å². The van der Waals surface area contributed by atoms with Crippen molar-refractivity contribution in [1.82, 2.24) is 9.55 Å². The number of aromatic nitrogens is 2. The zero-order valence-electron chi connectivity index (χ0n) is 24.5. The van der Waals surface area contributed by atoms with E-state index in [-0.39, 0.29) is 6.04 Å². The number of carbonyl (C=O) groups is 1. The van der Waals surface area contributed by atoms with Gasteiger partial charge in [0.15, 0.2) is 6.29 Å². The zero-order valence-corrected chi connectivity index (χ0v) is 24.5. The Bertz CT molecular complexity index is 1580. The average molecular weight is 589 g/mol. The summed E-state index contributed by atoms with van der Waals surface area (Å²) in [6, 6.07) is 39.9. The van der Waals surface area contributed by atoms with E-state index in [2.05, 4.69) is 0 Å². The summed E-state index contributed by atoms with van der Waals surface area (Å²) < 4.78 is 28.4. The van der Waals surface area contributed by atoms with Crippen molar-refractivity contribution in [2.45, 2.75) is 50.8 Å². The molecule has 0 N–H and O–H groups in total. The molecule has 2 heterocycles. The van der Waals surface area contributed by atoms with Crippen LogP contribution in [0.2, 0.25) is 0 Å². The van der Waals surface area contributed by atoms with Crippen molar-refractivity contribution in [2.75, 3.05) is 6.61 Å². The Morgan fingerprint density at radius 1 is 0.591 bits per heavy atom. The van der Waals surface area contributed by atoms with E-state index in [4.69, 9.17) is 23.9 Å². The van der Waals surface area contributed by atoms with Gasteiger partial charge in [-0.15, -0.1) is 0 Å². The van der Waals surface area contributed by atoms with Gasteiger partial charge >= 0.3 is 0 Å². The molecule has 6 rings (SSSR count). The maximum absolute atomic E-state index is 12.0. The molecule has 0 fully saturated rings. The normalized spacial score (nSPS) is 19.4. The molecule has 0 spiro atoms. The Balaban J connectivity index is 1.35. The summed E-state index contributed by atoms with van der Waals surface area (Å²) in [5.41, 5.74) is 4.51. The van der Waals surface area contributed by atoms with E-state index >= 15 is 0 Å². The number of imidazole rings is 1. The van der Waals surface area contributed by atoms with Crippen LogP contribution in [0.4, 0.5) is 0 Å². The third kappa shape index (κ3) is 7.38. The summed E-state index contributed by atoms with van der Waals surface area (Å²) >= 11 is 0. The number of ether oxygens (including phenoxy) is 4. The smallest absolute Gasteiger partial charge is 0.170 e. The van der Waals surface area contributed by atoms with E-state index in [0.29, 0.717) is 44.6 Å². The number of hydrogen-bond donors (Lipinski definition) is 0. The Hall–Kier alpha value is -4.40. The summed E-state index contributed by atoms with van der Waals surface area (Å²) in [6.45, 7) is 1.85. The highest BCUT2D eigenvalue weighted by molar-refractivity contribution is 5.71. The molecule has 0 bridgehead atoms. The lowest BCUT2D eigenvalue weighted by molar-refractivity contribution is -0.188. The third-order valence-electron chi connectivity index (χ3n) is 7.76. The summed E-state index contributed by atoms with van der Waals surface area (Å²) in [4.78, 5) is 16.7. The van der Waals surface area contributed by atoms with Crippen molar-refractivity contribution in [3.8, 4) is 0 Å². The second kappa shape index (κ2) is 14.9. The van der Waals surface area contributed by atoms with Gasteiger partial charge in [-0.05, 0) is 22.3 Å². The number of nitrogens with zero attached hydrogens (tertiary/aromatic N) is 2. The zero-order chi connectivity index (χ0) is 30.0. The second-order valence-corrected chi connectivity index (χ2v) is 10.9. The molecule has 0 radical (unpaired) electrons. The Morgan fingerprint density at radius 3 is 1.55 bits per heavy atom. The molecule has 0 amide bonds. The topological polar surface area (TPSA) is 71.8 Å². The first-order chi connectivity index (χ1) is 21.8. The fraction of sp³-hybridized carbons (Fsp3) is 0.243. The first kappa shape index (κ1) is 29.7. The molecule has 44 heavy (non-hydrogen) atoms. The molecule has 7 heteroatoms. The first-order valence-corrected chi connectivity index (χ1v) is 14.9. The van der Waals surface area contributed by atoms with Gasteiger partial charge in [0, 0.05) is 6.20 Å². The highest BCUT2D eigenvalue weighted by Crippen LogP contribution is 2.40. The second-order valence-electron chi connectivity index (χ2n) is 10.9. The van der Waals surface area contributed by atoms with Gasteiger partial charge in [-0.3, -0.25) is 4.79 Å². The number of aldehydes is 1. The fourth-order valence-corrected chi connectivity index (χ4v) is 5.55. The number of rotatable bonds is 14. The number of hydrogen-bond acceptors (Lipinski definition) is 6. The van der Waals surface area contributed by atoms with Crippen molar-refractivity contribution < 1.29 is 23.7 Å². The van der Waals surface area contributed by atoms with Gasteiger partial charge in [-0.25, -0.2) is 4.98 Å². The van der Waals surface area contributed by atoms with Crippen molar-refractivity contribution in [3.05, 3.63) is 161 Å². The molecule has 7 nitrogen and oxygen atoms in total. The standard InChI is InChI=1S/C37H36N2O5/c40-22-32-21-39-33(27-41-23-28-13-5-1-6-14-28)34(42-24-29-15-7-2-8-16-29)35(43-25-30-17-9-3-10-18-30)36(37(39)38-32)44-26-31-19-11-4-12-20-31/h1-22,33-36H,23-27H2/t33-,34-,35+,36+/m1/s1. The van der Waals surface area contributed by atoms with Gasteiger partial charge in [0.25, 0.3) is 0 Å². The molecule has 0 aliphatic carbocycles. The Labute approximate surface area is 258 Å². The Kier molecular flexibility index (Phi) is 10.0. The summed E-state index contributed by atoms with van der Waals surface area (Å²) in [6.07, 6.45) is 0.920. The third-order valence-corrected chi connectivity index (χ3v) is 7.76. The van der Waals surface area contributed by atoms with Crippen LogP contribution < -0.4 is 0 Å². The largest absolute Gasteiger partial charge is 0.375 e. The van der Waals surface area contributed by atoms with Crippen molar-refractivity contribution >= 4 is 6.29 Å². The van der Waals surface area contributed by atoms with Gasteiger partial charge < -0.3 is 23.5 Å². The molecular weight excluding hydrogens is 552 g/mol. The van der Waals surface area contributed by atoms with Gasteiger partial charge in [0.1, 0.15) is 29.8 Å². The maximum atomic E-state index is 12.0. The van der Waals surface area contributed by atoms with Crippen LogP contribution in [-0.4, -0.2) is 34.7 Å². The highest BCUT2D eigenvalue weighted by Gasteiger charge is 2.47. The molecule has 0 saturated carbocycles. The molecule has 1 aromatic heterocycles. The van der Waals surface area contributed by atoms with Crippen molar-refractivity contribution in [2.24, 2.45) is 0 Å². The van der Waals surface area contributed by atoms with Crippen LogP contribution in [0.5, 0.6) is 0 Å². The number of fused-ring (bicyclic) bond motifs is 1. The van der Waals surface area contributed by atoms with E-state index in [1.807, 2.05) is 126 Å². The van der Waals surface area contributed by atoms with Crippen LogP contribution in [-0.2, 0) is 45.4 Å². The molecule has 1 aliphatic rings. The average Bonchev–Trinajstić information content (AvgIpc) is 3.52. The summed E-state index contributed by atoms with van der Waals surface area (Å²) in [5.74, 6) is 0.619. The number of carbonyl (C=O) groups excluding carboxylic acids is 1. The molecule has 4 aromatic carbocycles. The molecule has 0 unspecified atom stereocenters. The molecule has 5 aromatic rings. The van der Waals surface area contributed by atoms with Crippen LogP contribution in [0.15, 0.2) is 128 Å². The molecule has 224 valence electrons.